The van der Waals surface area contributed by atoms with Crippen molar-refractivity contribution in [3.63, 3.8) is 0 Å². The Bertz CT molecular complexity index is 546. The van der Waals surface area contributed by atoms with Gasteiger partial charge < -0.3 is 5.32 Å². The minimum Gasteiger partial charge on any atom is -0.326 e. The molecule has 0 unspecified atom stereocenters. The predicted molar refractivity (Wildman–Crippen MR) is 81.8 cm³/mol. The van der Waals surface area contributed by atoms with Crippen molar-refractivity contribution >= 4 is 22.9 Å². The van der Waals surface area contributed by atoms with Crippen LogP contribution in [0.4, 0.5) is 5.69 Å². The van der Waals surface area contributed by atoms with Crippen LogP contribution in [0.1, 0.15) is 28.8 Å². The van der Waals surface area contributed by atoms with Crippen molar-refractivity contribution in [1.29, 1.82) is 0 Å². The second-order valence-electron chi connectivity index (χ2n) is 4.73. The summed E-state index contributed by atoms with van der Waals surface area (Å²) in [6.45, 7) is 4.10. The van der Waals surface area contributed by atoms with Gasteiger partial charge in [0, 0.05) is 17.0 Å². The van der Waals surface area contributed by atoms with E-state index in [1.165, 1.54) is 10.4 Å². The number of benzene rings is 1. The van der Waals surface area contributed by atoms with E-state index in [9.17, 15) is 4.79 Å². The molecule has 1 aromatic heterocycles. The van der Waals surface area contributed by atoms with Crippen LogP contribution in [0, 0.1) is 13.8 Å². The van der Waals surface area contributed by atoms with Gasteiger partial charge in [0.05, 0.1) is 0 Å². The van der Waals surface area contributed by atoms with Crippen molar-refractivity contribution in [3.05, 3.63) is 51.7 Å². The lowest BCUT2D eigenvalue weighted by molar-refractivity contribution is -0.116. The SMILES string of the molecule is Cc1cccc(NC(=O)CCCc2cccs2)c1C. The fourth-order valence-electron chi connectivity index (χ4n) is 1.98. The summed E-state index contributed by atoms with van der Waals surface area (Å²) in [7, 11) is 0. The van der Waals surface area contributed by atoms with Crippen LogP contribution in [0.2, 0.25) is 0 Å². The number of anilines is 1. The molecule has 0 saturated heterocycles. The van der Waals surface area contributed by atoms with Gasteiger partial charge >= 0.3 is 0 Å². The van der Waals surface area contributed by atoms with Gasteiger partial charge in [0.1, 0.15) is 0 Å². The Morgan fingerprint density at radius 2 is 2.05 bits per heavy atom. The topological polar surface area (TPSA) is 29.1 Å². The second-order valence-corrected chi connectivity index (χ2v) is 5.76. The van der Waals surface area contributed by atoms with E-state index in [1.807, 2.05) is 19.1 Å². The van der Waals surface area contributed by atoms with Gasteiger partial charge in [-0.1, -0.05) is 18.2 Å². The van der Waals surface area contributed by atoms with Crippen LogP contribution in [0.25, 0.3) is 0 Å². The molecule has 0 radical (unpaired) electrons. The monoisotopic (exact) mass is 273 g/mol. The number of hydrogen-bond acceptors (Lipinski definition) is 2. The van der Waals surface area contributed by atoms with E-state index in [2.05, 4.69) is 35.8 Å². The second kappa shape index (κ2) is 6.53. The van der Waals surface area contributed by atoms with Gasteiger partial charge in [0.2, 0.25) is 5.91 Å². The Balaban J connectivity index is 1.82. The van der Waals surface area contributed by atoms with Gasteiger partial charge in [-0.3, -0.25) is 4.79 Å². The van der Waals surface area contributed by atoms with E-state index in [0.717, 1.165) is 24.1 Å². The van der Waals surface area contributed by atoms with E-state index >= 15 is 0 Å². The Morgan fingerprint density at radius 1 is 1.21 bits per heavy atom. The van der Waals surface area contributed by atoms with Crippen LogP contribution >= 0.6 is 11.3 Å². The van der Waals surface area contributed by atoms with Gasteiger partial charge in [-0.05, 0) is 55.3 Å². The molecule has 0 spiro atoms. The molecule has 1 heterocycles. The number of amides is 1. The van der Waals surface area contributed by atoms with Crippen molar-refractivity contribution in [2.24, 2.45) is 0 Å². The highest BCUT2D eigenvalue weighted by Crippen LogP contribution is 2.18. The smallest absolute Gasteiger partial charge is 0.224 e. The Hall–Kier alpha value is -1.61. The highest BCUT2D eigenvalue weighted by molar-refractivity contribution is 7.09. The van der Waals surface area contributed by atoms with E-state index in [1.54, 1.807) is 11.3 Å². The number of thiophene rings is 1. The average molecular weight is 273 g/mol. The van der Waals surface area contributed by atoms with E-state index in [-0.39, 0.29) is 5.91 Å². The highest BCUT2D eigenvalue weighted by Gasteiger charge is 2.06. The molecule has 0 aliphatic heterocycles. The summed E-state index contributed by atoms with van der Waals surface area (Å²) in [5.74, 6) is 0.102. The molecule has 2 aromatic rings. The Morgan fingerprint density at radius 3 is 2.79 bits per heavy atom. The first-order valence-corrected chi connectivity index (χ1v) is 7.43. The lowest BCUT2D eigenvalue weighted by Gasteiger charge is -2.10. The van der Waals surface area contributed by atoms with Gasteiger partial charge in [-0.25, -0.2) is 0 Å². The molecule has 0 aliphatic rings. The first kappa shape index (κ1) is 13.8. The van der Waals surface area contributed by atoms with Gasteiger partial charge in [0.25, 0.3) is 0 Å². The van der Waals surface area contributed by atoms with E-state index in [0.29, 0.717) is 6.42 Å². The maximum absolute atomic E-state index is 11.9. The Labute approximate surface area is 118 Å². The molecule has 19 heavy (non-hydrogen) atoms. The summed E-state index contributed by atoms with van der Waals surface area (Å²) in [5, 5.41) is 5.07. The number of rotatable bonds is 5. The van der Waals surface area contributed by atoms with Crippen molar-refractivity contribution in [2.45, 2.75) is 33.1 Å². The largest absolute Gasteiger partial charge is 0.326 e. The predicted octanol–water partition coefficient (Wildman–Crippen LogP) is 4.33. The van der Waals surface area contributed by atoms with Crippen molar-refractivity contribution in [2.75, 3.05) is 5.32 Å². The number of aryl methyl sites for hydroxylation is 2. The van der Waals surface area contributed by atoms with Gasteiger partial charge in [-0.2, -0.15) is 0 Å². The summed E-state index contributed by atoms with van der Waals surface area (Å²) in [6, 6.07) is 10.2. The van der Waals surface area contributed by atoms with Crippen LogP contribution in [0.3, 0.4) is 0 Å². The zero-order valence-corrected chi connectivity index (χ0v) is 12.2. The summed E-state index contributed by atoms with van der Waals surface area (Å²) in [4.78, 5) is 13.2. The average Bonchev–Trinajstić information content (AvgIpc) is 2.88. The molecular formula is C16H19NOS. The lowest BCUT2D eigenvalue weighted by Crippen LogP contribution is -2.12. The third kappa shape index (κ3) is 3.93. The normalized spacial score (nSPS) is 10.4. The fourth-order valence-corrected chi connectivity index (χ4v) is 2.73. The number of carbonyl (C=O) groups is 1. The summed E-state index contributed by atoms with van der Waals surface area (Å²) >= 11 is 1.75. The molecule has 0 fully saturated rings. The maximum atomic E-state index is 11.9. The van der Waals surface area contributed by atoms with Crippen molar-refractivity contribution in [1.82, 2.24) is 0 Å². The molecule has 2 nitrogen and oxygen atoms in total. The zero-order valence-electron chi connectivity index (χ0n) is 11.4. The summed E-state index contributed by atoms with van der Waals surface area (Å²) < 4.78 is 0. The molecule has 0 atom stereocenters. The maximum Gasteiger partial charge on any atom is 0.224 e. The molecule has 1 amide bonds. The molecule has 0 saturated carbocycles. The van der Waals surface area contributed by atoms with Crippen LogP contribution < -0.4 is 5.32 Å². The standard InChI is InChI=1S/C16H19NOS/c1-12-6-3-9-15(13(12)2)17-16(18)10-4-7-14-8-5-11-19-14/h3,5-6,8-9,11H,4,7,10H2,1-2H3,(H,17,18). The molecular weight excluding hydrogens is 254 g/mol. The molecule has 100 valence electrons. The lowest BCUT2D eigenvalue weighted by atomic mass is 10.1. The molecule has 1 aromatic carbocycles. The van der Waals surface area contributed by atoms with Crippen LogP contribution in [-0.4, -0.2) is 5.91 Å². The zero-order chi connectivity index (χ0) is 13.7. The molecule has 2 rings (SSSR count). The third-order valence-electron chi connectivity index (χ3n) is 3.29. The molecule has 0 aliphatic carbocycles. The number of nitrogens with one attached hydrogen (secondary N) is 1. The first-order valence-electron chi connectivity index (χ1n) is 6.55. The molecule has 0 bridgehead atoms. The van der Waals surface area contributed by atoms with Crippen LogP contribution in [0.5, 0.6) is 0 Å². The highest BCUT2D eigenvalue weighted by atomic mass is 32.1. The molecule has 1 N–H and O–H groups in total. The van der Waals surface area contributed by atoms with E-state index < -0.39 is 0 Å². The first-order chi connectivity index (χ1) is 9.16. The van der Waals surface area contributed by atoms with Crippen molar-refractivity contribution in [3.8, 4) is 0 Å². The Kier molecular flexibility index (Phi) is 4.74. The van der Waals surface area contributed by atoms with Crippen LogP contribution in [0.15, 0.2) is 35.7 Å². The number of hydrogen-bond donors (Lipinski definition) is 1. The van der Waals surface area contributed by atoms with Gasteiger partial charge in [0.15, 0.2) is 0 Å². The molecule has 3 heteroatoms. The minimum absolute atomic E-state index is 0.102. The van der Waals surface area contributed by atoms with E-state index in [4.69, 9.17) is 0 Å². The number of carbonyl (C=O) groups excluding carboxylic acids is 1. The quantitative estimate of drug-likeness (QED) is 0.863. The van der Waals surface area contributed by atoms with Gasteiger partial charge in [-0.15, -0.1) is 11.3 Å². The minimum atomic E-state index is 0.102. The van der Waals surface area contributed by atoms with Crippen LogP contribution in [-0.2, 0) is 11.2 Å². The van der Waals surface area contributed by atoms with Crippen molar-refractivity contribution < 1.29 is 4.79 Å². The third-order valence-corrected chi connectivity index (χ3v) is 4.22. The fraction of sp³-hybridized carbons (Fsp3) is 0.312. The summed E-state index contributed by atoms with van der Waals surface area (Å²) in [6.07, 6.45) is 2.46. The summed E-state index contributed by atoms with van der Waals surface area (Å²) in [5.41, 5.74) is 3.28.